The second kappa shape index (κ2) is 17.0. The molecule has 0 amide bonds. The average molecular weight is 582 g/mol. The van der Waals surface area contributed by atoms with Gasteiger partial charge >= 0.3 is 11.6 Å². The molecule has 7 nitrogen and oxygen atoms in total. The number of fused-ring (bicyclic) bond motifs is 1. The van der Waals surface area contributed by atoms with Crippen LogP contribution in [-0.2, 0) is 18.0 Å². The summed E-state index contributed by atoms with van der Waals surface area (Å²) < 4.78 is 16.6. The van der Waals surface area contributed by atoms with E-state index in [2.05, 4.69) is 80.8 Å². The number of benzene rings is 4. The lowest BCUT2D eigenvalue weighted by Crippen LogP contribution is -2.17. The Morgan fingerprint density at radius 1 is 0.619 bits per heavy atom. The molecule has 0 atom stereocenters. The predicted octanol–water partition coefficient (Wildman–Crippen LogP) is 10.5. The summed E-state index contributed by atoms with van der Waals surface area (Å²) in [4.78, 5) is 2.42. The molecule has 0 N–H and O–H groups in total. The Hall–Kier alpha value is -4.04. The number of azo groups is 2. The summed E-state index contributed by atoms with van der Waals surface area (Å²) in [6, 6.07) is 29.0. The summed E-state index contributed by atoms with van der Waals surface area (Å²) in [6.07, 6.45) is 11.6. The molecule has 1 fully saturated rings. The Morgan fingerprint density at radius 3 is 1.67 bits per heavy atom. The highest BCUT2D eigenvalue weighted by Gasteiger charge is 2.11. The second-order valence-corrected chi connectivity index (χ2v) is 10.6. The number of hydrogen-bond acceptors (Lipinski definition) is 7. The van der Waals surface area contributed by atoms with Crippen LogP contribution in [0.2, 0.25) is 0 Å². The molecule has 1 aliphatic rings. The van der Waals surface area contributed by atoms with Crippen molar-refractivity contribution in [1.29, 1.82) is 0 Å². The van der Waals surface area contributed by atoms with E-state index in [1.54, 1.807) is 0 Å². The molecule has 0 saturated carbocycles. The van der Waals surface area contributed by atoms with Crippen LogP contribution in [0, 0.1) is 0 Å². The van der Waals surface area contributed by atoms with Crippen LogP contribution >= 0.6 is 0 Å². The Balaban J connectivity index is 0.00000129. The van der Waals surface area contributed by atoms with Gasteiger partial charge in [-0.15, -0.1) is 10.2 Å². The maximum atomic E-state index is 8.29. The third-order valence-corrected chi connectivity index (χ3v) is 7.50. The van der Waals surface area contributed by atoms with E-state index in [1.165, 1.54) is 62.6 Å². The van der Waals surface area contributed by atoms with E-state index in [0.29, 0.717) is 0 Å². The molecule has 0 spiro atoms. The summed E-state index contributed by atoms with van der Waals surface area (Å²) in [5.41, 5.74) is 6.01. The van der Waals surface area contributed by atoms with Crippen molar-refractivity contribution in [2.75, 3.05) is 18.0 Å². The Kier molecular flexibility index (Phi) is 12.5. The molecular weight excluding hydrogens is 542 g/mol. The second-order valence-electron chi connectivity index (χ2n) is 10.5. The van der Waals surface area contributed by atoms with Crippen LogP contribution in [0.3, 0.4) is 0 Å². The topological polar surface area (TPSA) is 86.8 Å². The van der Waals surface area contributed by atoms with Crippen LogP contribution in [0.4, 0.5) is 28.4 Å². The highest BCUT2D eigenvalue weighted by molar-refractivity contribution is 7.51. The van der Waals surface area contributed by atoms with Gasteiger partial charge in [-0.05, 0) is 79.8 Å². The minimum Gasteiger partial charge on any atom is -0.372 e. The smallest absolute Gasteiger partial charge is 0.335 e. The molecule has 42 heavy (non-hydrogen) atoms. The predicted molar refractivity (Wildman–Crippen MR) is 173 cm³/mol. The fraction of sp³-hybridized carbons (Fsp3) is 0.353. The zero-order chi connectivity index (χ0) is 29.4. The summed E-state index contributed by atoms with van der Waals surface area (Å²) in [5.74, 6) is 0. The first kappa shape index (κ1) is 30.9. The maximum absolute atomic E-state index is 8.29. The molecule has 0 unspecified atom stereocenters. The van der Waals surface area contributed by atoms with Gasteiger partial charge in [0.25, 0.3) is 0 Å². The normalized spacial score (nSPS) is 13.1. The van der Waals surface area contributed by atoms with Gasteiger partial charge in [0, 0.05) is 29.5 Å². The molecule has 4 aromatic carbocycles. The zero-order valence-electron chi connectivity index (χ0n) is 24.3. The molecule has 5 rings (SSSR count). The largest absolute Gasteiger partial charge is 0.372 e. The molecule has 0 radical (unpaired) electrons. The minimum atomic E-state index is -0.750. The summed E-state index contributed by atoms with van der Waals surface area (Å²) in [5, 5.41) is 20.3. The number of nitrogens with zero attached hydrogens (tertiary/aromatic N) is 5. The molecule has 1 aliphatic heterocycles. The average Bonchev–Trinajstić information content (AvgIpc) is 3.57. The van der Waals surface area contributed by atoms with E-state index in [9.17, 15) is 0 Å². The van der Waals surface area contributed by atoms with Gasteiger partial charge in [0.1, 0.15) is 0 Å². The van der Waals surface area contributed by atoms with Crippen LogP contribution in [-0.4, -0.2) is 21.5 Å². The highest BCUT2D eigenvalue weighted by atomic mass is 32.1. The van der Waals surface area contributed by atoms with Crippen LogP contribution < -0.4 is 4.90 Å². The standard InChI is InChI=1S/C34H39N5.O2S/c1-2-3-4-5-6-7-12-27-15-17-28(18-16-27)35-37-33-23-24-34(32-14-9-8-13-31(32)33)38-36-29-19-21-30(22-20-29)39-25-10-11-26-39;1-3-2/h8-9,13-24H,2-7,10-12,25-26H2,1H3;. The molecular formula is C34H39N5O2S. The van der Waals surface area contributed by atoms with Gasteiger partial charge in [-0.3, -0.25) is 0 Å². The van der Waals surface area contributed by atoms with Crippen molar-refractivity contribution >= 4 is 50.8 Å². The molecule has 0 aromatic heterocycles. The van der Waals surface area contributed by atoms with Crippen molar-refractivity contribution in [3.8, 4) is 0 Å². The van der Waals surface area contributed by atoms with E-state index in [-0.39, 0.29) is 0 Å². The van der Waals surface area contributed by atoms with Gasteiger partial charge in [-0.25, -0.2) is 0 Å². The SMILES string of the molecule is CCCCCCCCc1ccc(N=Nc2ccc(N=Nc3ccc(N4CCCC4)cc3)c3ccccc23)cc1.O=S=O. The van der Waals surface area contributed by atoms with Crippen molar-refractivity contribution in [2.24, 2.45) is 20.5 Å². The van der Waals surface area contributed by atoms with E-state index < -0.39 is 11.6 Å². The monoisotopic (exact) mass is 581 g/mol. The number of unbranched alkanes of at least 4 members (excludes halogenated alkanes) is 5. The van der Waals surface area contributed by atoms with Crippen molar-refractivity contribution in [1.82, 2.24) is 0 Å². The first-order valence-corrected chi connectivity index (χ1v) is 15.6. The number of aryl methyl sites for hydroxylation is 1. The van der Waals surface area contributed by atoms with Gasteiger partial charge in [0.2, 0.25) is 0 Å². The molecule has 8 heteroatoms. The van der Waals surface area contributed by atoms with E-state index in [4.69, 9.17) is 8.42 Å². The van der Waals surface area contributed by atoms with Crippen LogP contribution in [0.5, 0.6) is 0 Å². The fourth-order valence-corrected chi connectivity index (χ4v) is 5.21. The summed E-state index contributed by atoms with van der Waals surface area (Å²) in [6.45, 7) is 4.54. The lowest BCUT2D eigenvalue weighted by atomic mass is 10.0. The molecule has 0 aliphatic carbocycles. The third kappa shape index (κ3) is 9.24. The van der Waals surface area contributed by atoms with Gasteiger partial charge in [-0.1, -0.05) is 75.4 Å². The van der Waals surface area contributed by atoms with Crippen LogP contribution in [0.15, 0.2) is 105 Å². The van der Waals surface area contributed by atoms with E-state index in [1.807, 2.05) is 36.4 Å². The minimum absolute atomic E-state index is 0.750. The van der Waals surface area contributed by atoms with E-state index in [0.717, 1.165) is 53.0 Å². The Bertz CT molecular complexity index is 1490. The van der Waals surface area contributed by atoms with E-state index >= 15 is 0 Å². The Labute approximate surface area is 252 Å². The zero-order valence-corrected chi connectivity index (χ0v) is 25.1. The molecule has 0 bridgehead atoms. The van der Waals surface area contributed by atoms with Gasteiger partial charge in [-0.2, -0.15) is 18.6 Å². The lowest BCUT2D eigenvalue weighted by Gasteiger charge is -2.17. The quantitative estimate of drug-likeness (QED) is 0.123. The number of anilines is 1. The van der Waals surface area contributed by atoms with Gasteiger partial charge in [0.15, 0.2) is 0 Å². The van der Waals surface area contributed by atoms with Crippen molar-refractivity contribution < 1.29 is 8.42 Å². The molecule has 218 valence electrons. The first-order chi connectivity index (χ1) is 20.7. The van der Waals surface area contributed by atoms with Gasteiger partial charge < -0.3 is 4.90 Å². The maximum Gasteiger partial charge on any atom is 0.335 e. The summed E-state index contributed by atoms with van der Waals surface area (Å²) >= 11 is -0.750. The highest BCUT2D eigenvalue weighted by Crippen LogP contribution is 2.35. The lowest BCUT2D eigenvalue weighted by molar-refractivity contribution is 0.607. The fourth-order valence-electron chi connectivity index (χ4n) is 5.21. The van der Waals surface area contributed by atoms with Crippen LogP contribution in [0.25, 0.3) is 10.8 Å². The Morgan fingerprint density at radius 2 is 1.12 bits per heavy atom. The molecule has 1 heterocycles. The molecule has 1 saturated heterocycles. The van der Waals surface area contributed by atoms with Crippen molar-refractivity contribution in [3.05, 3.63) is 90.5 Å². The first-order valence-electron chi connectivity index (χ1n) is 14.9. The number of rotatable bonds is 12. The van der Waals surface area contributed by atoms with Crippen LogP contribution in [0.1, 0.15) is 63.9 Å². The number of hydrogen-bond donors (Lipinski definition) is 0. The third-order valence-electron chi connectivity index (χ3n) is 7.50. The molecule has 4 aromatic rings. The summed E-state index contributed by atoms with van der Waals surface area (Å²) in [7, 11) is 0. The van der Waals surface area contributed by atoms with Crippen molar-refractivity contribution in [2.45, 2.75) is 64.7 Å². The van der Waals surface area contributed by atoms with Gasteiger partial charge in [0.05, 0.1) is 22.7 Å². The van der Waals surface area contributed by atoms with Crippen molar-refractivity contribution in [3.63, 3.8) is 0 Å².